The average molecular weight is 310 g/mol. The molecule has 0 amide bonds. The summed E-state index contributed by atoms with van der Waals surface area (Å²) < 4.78 is 10.9. The summed E-state index contributed by atoms with van der Waals surface area (Å²) in [6.45, 7) is 3.95. The molecule has 3 unspecified atom stereocenters. The maximum Gasteiger partial charge on any atom is 0.292 e. The van der Waals surface area contributed by atoms with Gasteiger partial charge in [0.15, 0.2) is 5.41 Å². The van der Waals surface area contributed by atoms with Crippen molar-refractivity contribution in [2.45, 2.75) is 25.7 Å². The van der Waals surface area contributed by atoms with Crippen LogP contribution >= 0.6 is 0 Å². The van der Waals surface area contributed by atoms with Gasteiger partial charge in [-0.25, -0.2) is 4.99 Å². The molecule has 1 heterocycles. The van der Waals surface area contributed by atoms with Gasteiger partial charge in [0.05, 0.1) is 12.1 Å². The SMILES string of the molecule is COC1(OC)N=C(N)C2(C#N)C(c3ccc(C)cc3C)C12C#N. The molecule has 1 saturated carbocycles. The maximum absolute atomic E-state index is 9.97. The van der Waals surface area contributed by atoms with Crippen LogP contribution < -0.4 is 5.73 Å². The zero-order valence-electron chi connectivity index (χ0n) is 13.5. The Bertz CT molecular complexity index is 800. The van der Waals surface area contributed by atoms with E-state index in [0.717, 1.165) is 16.7 Å². The molecular formula is C17H18N4O2. The first-order chi connectivity index (χ1) is 10.9. The number of nitriles is 2. The quantitative estimate of drug-likeness (QED) is 0.856. The summed E-state index contributed by atoms with van der Waals surface area (Å²) in [6.07, 6.45) is 0. The van der Waals surface area contributed by atoms with Gasteiger partial charge in [0.25, 0.3) is 5.91 Å². The number of aryl methyl sites for hydroxylation is 2. The Hall–Kier alpha value is -2.41. The van der Waals surface area contributed by atoms with Crippen molar-refractivity contribution in [3.63, 3.8) is 0 Å². The van der Waals surface area contributed by atoms with E-state index in [1.54, 1.807) is 0 Å². The third-order valence-electron chi connectivity index (χ3n) is 5.22. The molecule has 1 aromatic carbocycles. The van der Waals surface area contributed by atoms with Crippen molar-refractivity contribution in [3.05, 3.63) is 34.9 Å². The number of nitrogens with zero attached hydrogens (tertiary/aromatic N) is 3. The molecule has 118 valence electrons. The minimum atomic E-state index is -1.57. The van der Waals surface area contributed by atoms with Crippen LogP contribution in [0.2, 0.25) is 0 Å². The molecular weight excluding hydrogens is 292 g/mol. The molecule has 0 saturated heterocycles. The second-order valence-corrected chi connectivity index (χ2v) is 6.12. The summed E-state index contributed by atoms with van der Waals surface area (Å²) >= 11 is 0. The Morgan fingerprint density at radius 2 is 1.83 bits per heavy atom. The fourth-order valence-electron chi connectivity index (χ4n) is 4.14. The van der Waals surface area contributed by atoms with Crippen LogP contribution in [0.15, 0.2) is 23.2 Å². The summed E-state index contributed by atoms with van der Waals surface area (Å²) in [7, 11) is 2.81. The van der Waals surface area contributed by atoms with E-state index < -0.39 is 22.7 Å². The first-order valence-electron chi connectivity index (χ1n) is 7.26. The standard InChI is InChI=1S/C17H18N4O2/c1-10-5-6-12(11(2)7-10)13-15(8-18)14(20)21-17(22-3,23-4)16(13,15)9-19/h5-7,13H,1-4H3,(H2,20,21). The summed E-state index contributed by atoms with van der Waals surface area (Å²) in [4.78, 5) is 4.20. The topological polar surface area (TPSA) is 104 Å². The third-order valence-corrected chi connectivity index (χ3v) is 5.22. The second kappa shape index (κ2) is 4.55. The highest BCUT2D eigenvalue weighted by atomic mass is 16.7. The molecule has 0 radical (unpaired) electrons. The molecule has 3 atom stereocenters. The largest absolute Gasteiger partial charge is 0.386 e. The number of hydrogen-bond donors (Lipinski definition) is 1. The second-order valence-electron chi connectivity index (χ2n) is 6.12. The van der Waals surface area contributed by atoms with Gasteiger partial charge >= 0.3 is 0 Å². The van der Waals surface area contributed by atoms with Gasteiger partial charge in [-0.2, -0.15) is 10.5 Å². The number of aliphatic imine (C=N–C) groups is 1. The summed E-state index contributed by atoms with van der Waals surface area (Å²) in [5.74, 6) is -1.91. The lowest BCUT2D eigenvalue weighted by Gasteiger charge is -2.29. The van der Waals surface area contributed by atoms with E-state index in [4.69, 9.17) is 15.2 Å². The van der Waals surface area contributed by atoms with Gasteiger partial charge < -0.3 is 15.2 Å². The number of methoxy groups -OCH3 is 2. The van der Waals surface area contributed by atoms with Crippen LogP contribution in [-0.2, 0) is 9.47 Å². The Labute approximate surface area is 135 Å². The van der Waals surface area contributed by atoms with E-state index in [-0.39, 0.29) is 5.84 Å². The summed E-state index contributed by atoms with van der Waals surface area (Å²) in [5, 5.41) is 19.8. The molecule has 0 spiro atoms. The highest BCUT2D eigenvalue weighted by molar-refractivity contribution is 6.00. The Morgan fingerprint density at radius 1 is 1.17 bits per heavy atom. The van der Waals surface area contributed by atoms with Crippen molar-refractivity contribution in [2.75, 3.05) is 14.2 Å². The predicted octanol–water partition coefficient (Wildman–Crippen LogP) is 1.74. The van der Waals surface area contributed by atoms with Crippen molar-refractivity contribution in [1.82, 2.24) is 0 Å². The first kappa shape index (κ1) is 15.5. The van der Waals surface area contributed by atoms with Crippen LogP contribution in [-0.4, -0.2) is 26.0 Å². The maximum atomic E-state index is 9.97. The molecule has 1 fully saturated rings. The Kier molecular flexibility index (Phi) is 3.06. The van der Waals surface area contributed by atoms with Crippen molar-refractivity contribution in [1.29, 1.82) is 10.5 Å². The lowest BCUT2D eigenvalue weighted by molar-refractivity contribution is -0.230. The number of rotatable bonds is 3. The van der Waals surface area contributed by atoms with Crippen LogP contribution in [0.5, 0.6) is 0 Å². The van der Waals surface area contributed by atoms with Crippen LogP contribution in [0.25, 0.3) is 0 Å². The zero-order chi connectivity index (χ0) is 17.0. The fraction of sp³-hybridized carbons (Fsp3) is 0.471. The van der Waals surface area contributed by atoms with Crippen molar-refractivity contribution in [2.24, 2.45) is 21.6 Å². The summed E-state index contributed by atoms with van der Waals surface area (Å²) in [5.41, 5.74) is 6.57. The Morgan fingerprint density at radius 3 is 2.30 bits per heavy atom. The fourth-order valence-corrected chi connectivity index (χ4v) is 4.14. The van der Waals surface area contributed by atoms with E-state index in [1.165, 1.54) is 14.2 Å². The van der Waals surface area contributed by atoms with Gasteiger partial charge in [0, 0.05) is 20.1 Å². The number of ether oxygens (including phenoxy) is 2. The Balaban J connectivity index is 2.28. The van der Waals surface area contributed by atoms with Crippen molar-refractivity contribution < 1.29 is 9.47 Å². The molecule has 6 heteroatoms. The monoisotopic (exact) mass is 310 g/mol. The van der Waals surface area contributed by atoms with Gasteiger partial charge in [-0.1, -0.05) is 23.8 Å². The molecule has 2 N–H and O–H groups in total. The predicted molar refractivity (Wildman–Crippen MR) is 83.1 cm³/mol. The van der Waals surface area contributed by atoms with Crippen LogP contribution in [0.1, 0.15) is 22.6 Å². The smallest absolute Gasteiger partial charge is 0.292 e. The summed E-state index contributed by atoms with van der Waals surface area (Å²) in [6, 6.07) is 10.4. The van der Waals surface area contributed by atoms with Crippen LogP contribution in [0.4, 0.5) is 0 Å². The van der Waals surface area contributed by atoms with Gasteiger partial charge in [0.1, 0.15) is 11.3 Å². The van der Waals surface area contributed by atoms with E-state index in [2.05, 4.69) is 17.1 Å². The number of fused-ring (bicyclic) bond motifs is 1. The zero-order valence-corrected chi connectivity index (χ0v) is 13.5. The van der Waals surface area contributed by atoms with E-state index in [1.807, 2.05) is 32.0 Å². The lowest BCUT2D eigenvalue weighted by atomic mass is 9.93. The molecule has 6 nitrogen and oxygen atoms in total. The van der Waals surface area contributed by atoms with Gasteiger partial charge in [-0.15, -0.1) is 0 Å². The highest BCUT2D eigenvalue weighted by Gasteiger charge is 2.93. The van der Waals surface area contributed by atoms with E-state index in [9.17, 15) is 10.5 Å². The molecule has 2 aliphatic rings. The van der Waals surface area contributed by atoms with Gasteiger partial charge in [-0.3, -0.25) is 0 Å². The minimum Gasteiger partial charge on any atom is -0.386 e. The first-order valence-corrected chi connectivity index (χ1v) is 7.26. The molecule has 1 aliphatic carbocycles. The van der Waals surface area contributed by atoms with E-state index >= 15 is 0 Å². The number of hydrogen-bond acceptors (Lipinski definition) is 6. The third kappa shape index (κ3) is 1.41. The lowest BCUT2D eigenvalue weighted by Crippen LogP contribution is -2.41. The molecule has 1 aromatic rings. The van der Waals surface area contributed by atoms with Gasteiger partial charge in [0.2, 0.25) is 0 Å². The highest BCUT2D eigenvalue weighted by Crippen LogP contribution is 2.82. The molecule has 0 aromatic heterocycles. The normalized spacial score (nSPS) is 33.3. The molecule has 0 bridgehead atoms. The van der Waals surface area contributed by atoms with Crippen LogP contribution in [0.3, 0.4) is 0 Å². The average Bonchev–Trinajstić information content (AvgIpc) is 3.10. The molecule has 3 rings (SSSR count). The minimum absolute atomic E-state index is 0.0928. The number of nitrogens with two attached hydrogens (primary N) is 1. The number of amidine groups is 1. The molecule has 1 aliphatic heterocycles. The molecule has 23 heavy (non-hydrogen) atoms. The van der Waals surface area contributed by atoms with Gasteiger partial charge in [-0.05, 0) is 25.0 Å². The van der Waals surface area contributed by atoms with Crippen LogP contribution in [0, 0.1) is 47.3 Å². The number of benzene rings is 1. The van der Waals surface area contributed by atoms with Crippen molar-refractivity contribution >= 4 is 5.84 Å². The van der Waals surface area contributed by atoms with E-state index in [0.29, 0.717) is 0 Å². The van der Waals surface area contributed by atoms with Crippen molar-refractivity contribution in [3.8, 4) is 12.1 Å².